The lowest BCUT2D eigenvalue weighted by Crippen LogP contribution is -2.20. The maximum atomic E-state index is 5.77. The molecule has 1 aliphatic rings. The van der Waals surface area contributed by atoms with Crippen LogP contribution in [0.15, 0.2) is 78.9 Å². The SMILES string of the molecule is Nc1ccc(C2(c3ccccc3)C=CC=C2)cc1. The van der Waals surface area contributed by atoms with Crippen LogP contribution in [-0.4, -0.2) is 0 Å². The number of rotatable bonds is 2. The number of benzene rings is 2. The predicted molar refractivity (Wildman–Crippen MR) is 76.4 cm³/mol. The van der Waals surface area contributed by atoms with Gasteiger partial charge >= 0.3 is 0 Å². The van der Waals surface area contributed by atoms with E-state index in [4.69, 9.17) is 5.73 Å². The van der Waals surface area contributed by atoms with E-state index in [9.17, 15) is 0 Å². The summed E-state index contributed by atoms with van der Waals surface area (Å²) in [6, 6.07) is 18.6. The lowest BCUT2D eigenvalue weighted by atomic mass is 9.76. The van der Waals surface area contributed by atoms with Crippen molar-refractivity contribution in [3.05, 3.63) is 90.0 Å². The first-order valence-corrected chi connectivity index (χ1v) is 6.10. The average Bonchev–Trinajstić information content (AvgIpc) is 2.91. The molecule has 2 aromatic carbocycles. The van der Waals surface area contributed by atoms with Gasteiger partial charge < -0.3 is 5.73 Å². The number of allylic oxidation sites excluding steroid dienone is 4. The highest BCUT2D eigenvalue weighted by Gasteiger charge is 2.30. The third kappa shape index (κ3) is 1.65. The molecule has 18 heavy (non-hydrogen) atoms. The van der Waals surface area contributed by atoms with Crippen LogP contribution >= 0.6 is 0 Å². The standard InChI is InChI=1S/C17H15N/c18-16-10-8-15(9-11-16)17(12-4-5-13-17)14-6-2-1-3-7-14/h1-13H,18H2. The Kier molecular flexibility index (Phi) is 2.52. The van der Waals surface area contributed by atoms with Crippen molar-refractivity contribution in [1.82, 2.24) is 0 Å². The molecule has 0 amide bonds. The number of nitrogens with two attached hydrogens (primary N) is 1. The third-order valence-corrected chi connectivity index (χ3v) is 3.47. The average molecular weight is 233 g/mol. The minimum absolute atomic E-state index is 0.144. The van der Waals surface area contributed by atoms with Crippen LogP contribution in [0.3, 0.4) is 0 Å². The van der Waals surface area contributed by atoms with Crippen molar-refractivity contribution < 1.29 is 0 Å². The highest BCUT2D eigenvalue weighted by Crippen LogP contribution is 2.38. The fourth-order valence-corrected chi connectivity index (χ4v) is 2.49. The van der Waals surface area contributed by atoms with E-state index in [1.807, 2.05) is 18.2 Å². The van der Waals surface area contributed by atoms with Crippen molar-refractivity contribution in [1.29, 1.82) is 0 Å². The fourth-order valence-electron chi connectivity index (χ4n) is 2.49. The summed E-state index contributed by atoms with van der Waals surface area (Å²) in [7, 11) is 0. The van der Waals surface area contributed by atoms with Crippen molar-refractivity contribution in [3.8, 4) is 0 Å². The van der Waals surface area contributed by atoms with Crippen molar-refractivity contribution in [2.45, 2.75) is 5.41 Å². The number of nitrogen functional groups attached to an aromatic ring is 1. The van der Waals surface area contributed by atoms with Crippen LogP contribution in [0.5, 0.6) is 0 Å². The number of anilines is 1. The van der Waals surface area contributed by atoms with E-state index in [0.717, 1.165) is 5.69 Å². The first-order chi connectivity index (χ1) is 8.81. The minimum atomic E-state index is -0.144. The maximum absolute atomic E-state index is 5.77. The second-order valence-electron chi connectivity index (χ2n) is 4.58. The molecule has 0 fully saturated rings. The molecule has 0 spiro atoms. The van der Waals surface area contributed by atoms with Crippen LogP contribution in [-0.2, 0) is 5.41 Å². The molecular weight excluding hydrogens is 218 g/mol. The van der Waals surface area contributed by atoms with E-state index in [1.54, 1.807) is 0 Å². The van der Waals surface area contributed by atoms with Crippen molar-refractivity contribution in [2.75, 3.05) is 5.73 Å². The second kappa shape index (κ2) is 4.19. The molecule has 1 aliphatic carbocycles. The molecule has 2 aromatic rings. The topological polar surface area (TPSA) is 26.0 Å². The Hall–Kier alpha value is -2.28. The van der Waals surface area contributed by atoms with Crippen LogP contribution in [0.25, 0.3) is 0 Å². The zero-order valence-electron chi connectivity index (χ0n) is 10.1. The van der Waals surface area contributed by atoms with Gasteiger partial charge in [0, 0.05) is 5.69 Å². The molecule has 88 valence electrons. The Labute approximate surface area is 107 Å². The summed E-state index contributed by atoms with van der Waals surface area (Å²) >= 11 is 0. The van der Waals surface area contributed by atoms with Crippen molar-refractivity contribution >= 4 is 5.69 Å². The highest BCUT2D eigenvalue weighted by molar-refractivity contribution is 5.55. The molecule has 0 bridgehead atoms. The predicted octanol–water partition coefficient (Wildman–Crippen LogP) is 3.68. The fraction of sp³-hybridized carbons (Fsp3) is 0.0588. The summed E-state index contributed by atoms with van der Waals surface area (Å²) in [5.41, 5.74) is 8.95. The number of hydrogen-bond donors (Lipinski definition) is 1. The summed E-state index contributed by atoms with van der Waals surface area (Å²) in [6.45, 7) is 0. The van der Waals surface area contributed by atoms with Crippen LogP contribution in [0.4, 0.5) is 5.69 Å². The first kappa shape index (κ1) is 10.8. The smallest absolute Gasteiger partial charge is 0.0568 e. The lowest BCUT2D eigenvalue weighted by molar-refractivity contribution is 0.828. The van der Waals surface area contributed by atoms with E-state index < -0.39 is 0 Å². The van der Waals surface area contributed by atoms with Gasteiger partial charge in [-0.05, 0) is 23.3 Å². The lowest BCUT2D eigenvalue weighted by Gasteiger charge is -2.27. The molecule has 0 radical (unpaired) electrons. The minimum Gasteiger partial charge on any atom is -0.399 e. The molecule has 0 heterocycles. The highest BCUT2D eigenvalue weighted by atomic mass is 14.5. The first-order valence-electron chi connectivity index (χ1n) is 6.10. The molecule has 0 atom stereocenters. The molecule has 3 rings (SSSR count). The summed E-state index contributed by atoms with van der Waals surface area (Å²) in [4.78, 5) is 0. The third-order valence-electron chi connectivity index (χ3n) is 3.47. The van der Waals surface area contributed by atoms with Gasteiger partial charge in [-0.1, -0.05) is 66.8 Å². The zero-order chi connectivity index (χ0) is 12.4. The van der Waals surface area contributed by atoms with Gasteiger partial charge in [0.25, 0.3) is 0 Å². The van der Waals surface area contributed by atoms with Gasteiger partial charge in [0.15, 0.2) is 0 Å². The molecule has 0 aromatic heterocycles. The molecule has 0 unspecified atom stereocenters. The van der Waals surface area contributed by atoms with Crippen LogP contribution in [0.2, 0.25) is 0 Å². The molecular formula is C17H15N. The van der Waals surface area contributed by atoms with Crippen LogP contribution in [0.1, 0.15) is 11.1 Å². The monoisotopic (exact) mass is 233 g/mol. The van der Waals surface area contributed by atoms with Gasteiger partial charge in [0.05, 0.1) is 5.41 Å². The van der Waals surface area contributed by atoms with E-state index in [0.29, 0.717) is 0 Å². The Morgan fingerprint density at radius 1 is 0.667 bits per heavy atom. The van der Waals surface area contributed by atoms with Gasteiger partial charge in [-0.2, -0.15) is 0 Å². The van der Waals surface area contributed by atoms with Gasteiger partial charge in [-0.3, -0.25) is 0 Å². The quantitative estimate of drug-likeness (QED) is 0.787. The summed E-state index contributed by atoms with van der Waals surface area (Å²) in [5, 5.41) is 0. The second-order valence-corrected chi connectivity index (χ2v) is 4.58. The van der Waals surface area contributed by atoms with E-state index >= 15 is 0 Å². The molecule has 2 N–H and O–H groups in total. The van der Waals surface area contributed by atoms with Gasteiger partial charge in [-0.25, -0.2) is 0 Å². The van der Waals surface area contributed by atoms with E-state index in [-0.39, 0.29) is 5.41 Å². The molecule has 1 nitrogen and oxygen atoms in total. The Morgan fingerprint density at radius 2 is 1.22 bits per heavy atom. The van der Waals surface area contributed by atoms with Gasteiger partial charge in [-0.15, -0.1) is 0 Å². The zero-order valence-corrected chi connectivity index (χ0v) is 10.1. The maximum Gasteiger partial charge on any atom is 0.0568 e. The summed E-state index contributed by atoms with van der Waals surface area (Å²) in [5.74, 6) is 0. The Balaban J connectivity index is 2.17. The van der Waals surface area contributed by atoms with Crippen molar-refractivity contribution in [2.24, 2.45) is 0 Å². The van der Waals surface area contributed by atoms with Crippen molar-refractivity contribution in [3.63, 3.8) is 0 Å². The van der Waals surface area contributed by atoms with Gasteiger partial charge in [0.1, 0.15) is 0 Å². The van der Waals surface area contributed by atoms with Gasteiger partial charge in [0.2, 0.25) is 0 Å². The van der Waals surface area contributed by atoms with Crippen LogP contribution in [0, 0.1) is 0 Å². The normalized spacial score (nSPS) is 16.0. The largest absolute Gasteiger partial charge is 0.399 e. The van der Waals surface area contributed by atoms with E-state index in [2.05, 4.69) is 60.7 Å². The summed E-state index contributed by atoms with van der Waals surface area (Å²) in [6.07, 6.45) is 8.66. The molecule has 0 saturated carbocycles. The Bertz CT molecular complexity index is 579. The molecule has 0 saturated heterocycles. The molecule has 0 aliphatic heterocycles. The Morgan fingerprint density at radius 3 is 1.83 bits per heavy atom. The van der Waals surface area contributed by atoms with Crippen LogP contribution < -0.4 is 5.73 Å². The van der Waals surface area contributed by atoms with E-state index in [1.165, 1.54) is 11.1 Å². The number of hydrogen-bond acceptors (Lipinski definition) is 1. The molecule has 1 heteroatoms. The summed E-state index contributed by atoms with van der Waals surface area (Å²) < 4.78 is 0.